The largest absolute Gasteiger partial charge is 0.394 e. The lowest BCUT2D eigenvalue weighted by molar-refractivity contribution is -0.0217. The van der Waals surface area contributed by atoms with Gasteiger partial charge in [0.25, 0.3) is 0 Å². The summed E-state index contributed by atoms with van der Waals surface area (Å²) < 4.78 is 48.2. The summed E-state index contributed by atoms with van der Waals surface area (Å²) in [5, 5.41) is 8.50. The van der Waals surface area contributed by atoms with Crippen LogP contribution in [0.15, 0.2) is 0 Å². The van der Waals surface area contributed by atoms with E-state index in [-0.39, 0.29) is 13.2 Å². The predicted octanol–water partition coefficient (Wildman–Crippen LogP) is 0.0644. The van der Waals surface area contributed by atoms with E-state index in [9.17, 15) is 4.39 Å². The van der Waals surface area contributed by atoms with Gasteiger partial charge < -0.3 is 38.3 Å². The van der Waals surface area contributed by atoms with Gasteiger partial charge in [-0.3, -0.25) is 0 Å². The SMILES string of the molecule is OCCOCCOCCOCCOCCOCCOCCOCCF. The van der Waals surface area contributed by atoms with Crippen LogP contribution < -0.4 is 0 Å². The molecule has 0 aliphatic rings. The van der Waals surface area contributed by atoms with E-state index >= 15 is 0 Å². The zero-order valence-corrected chi connectivity index (χ0v) is 15.0. The fraction of sp³-hybridized carbons (Fsp3) is 1.00. The zero-order chi connectivity index (χ0) is 18.3. The van der Waals surface area contributed by atoms with Crippen molar-refractivity contribution in [2.45, 2.75) is 0 Å². The number of alkyl halides is 1. The molecule has 0 spiro atoms. The van der Waals surface area contributed by atoms with Crippen molar-refractivity contribution in [1.29, 1.82) is 0 Å². The molecule has 0 rings (SSSR count). The van der Waals surface area contributed by atoms with Crippen LogP contribution in [-0.4, -0.2) is 111 Å². The number of ether oxygens (including phenoxy) is 7. The van der Waals surface area contributed by atoms with E-state index < -0.39 is 6.67 Å². The summed E-state index contributed by atoms with van der Waals surface area (Å²) in [6, 6.07) is 0. The minimum atomic E-state index is -0.469. The molecule has 25 heavy (non-hydrogen) atoms. The predicted molar refractivity (Wildman–Crippen MR) is 88.8 cm³/mol. The summed E-state index contributed by atoms with van der Waals surface area (Å²) in [5.41, 5.74) is 0. The van der Waals surface area contributed by atoms with Crippen LogP contribution in [0.25, 0.3) is 0 Å². The maximum Gasteiger partial charge on any atom is 0.113 e. The van der Waals surface area contributed by atoms with Crippen molar-refractivity contribution in [2.75, 3.05) is 106 Å². The molecule has 9 heteroatoms. The van der Waals surface area contributed by atoms with E-state index in [1.54, 1.807) is 0 Å². The van der Waals surface area contributed by atoms with Gasteiger partial charge in [-0.15, -0.1) is 0 Å². The molecule has 0 saturated carbocycles. The van der Waals surface area contributed by atoms with Gasteiger partial charge >= 0.3 is 0 Å². The molecule has 0 bridgehead atoms. The van der Waals surface area contributed by atoms with Gasteiger partial charge in [0.15, 0.2) is 0 Å². The Morgan fingerprint density at radius 2 is 0.640 bits per heavy atom. The van der Waals surface area contributed by atoms with Gasteiger partial charge in [0, 0.05) is 0 Å². The summed E-state index contributed by atoms with van der Waals surface area (Å²) in [6.45, 7) is 5.81. The molecule has 0 amide bonds. The van der Waals surface area contributed by atoms with Crippen LogP contribution in [0.3, 0.4) is 0 Å². The minimum Gasteiger partial charge on any atom is -0.394 e. The Labute approximate surface area is 149 Å². The maximum atomic E-state index is 11.7. The fourth-order valence-corrected chi connectivity index (χ4v) is 1.54. The maximum absolute atomic E-state index is 11.7. The molecule has 0 aliphatic carbocycles. The summed E-state index contributed by atoms with van der Waals surface area (Å²) >= 11 is 0. The van der Waals surface area contributed by atoms with Crippen LogP contribution in [0, 0.1) is 0 Å². The number of aliphatic hydroxyl groups is 1. The van der Waals surface area contributed by atoms with Crippen LogP contribution in [0.5, 0.6) is 0 Å². The van der Waals surface area contributed by atoms with E-state index in [0.29, 0.717) is 85.9 Å². The first-order valence-electron chi connectivity index (χ1n) is 8.62. The van der Waals surface area contributed by atoms with E-state index in [0.717, 1.165) is 0 Å². The van der Waals surface area contributed by atoms with E-state index in [2.05, 4.69) is 0 Å². The monoisotopic (exact) mass is 372 g/mol. The molecule has 8 nitrogen and oxygen atoms in total. The van der Waals surface area contributed by atoms with Crippen LogP contribution in [0.2, 0.25) is 0 Å². The smallest absolute Gasteiger partial charge is 0.113 e. The molecule has 0 atom stereocenters. The highest BCUT2D eigenvalue weighted by molar-refractivity contribution is 4.37. The number of aliphatic hydroxyl groups excluding tert-OH is 1. The van der Waals surface area contributed by atoms with Gasteiger partial charge in [-0.05, 0) is 0 Å². The molecule has 0 aromatic heterocycles. The van der Waals surface area contributed by atoms with Crippen molar-refractivity contribution in [3.05, 3.63) is 0 Å². The first-order valence-corrected chi connectivity index (χ1v) is 8.62. The Bertz CT molecular complexity index is 214. The van der Waals surface area contributed by atoms with Crippen LogP contribution in [0.1, 0.15) is 0 Å². The Morgan fingerprint density at radius 1 is 0.400 bits per heavy atom. The van der Waals surface area contributed by atoms with Crippen molar-refractivity contribution in [3.8, 4) is 0 Å². The average Bonchev–Trinajstić information content (AvgIpc) is 2.63. The highest BCUT2D eigenvalue weighted by Gasteiger charge is 1.94. The topological polar surface area (TPSA) is 84.8 Å². The minimum absolute atomic E-state index is 0.0278. The third-order valence-corrected chi connectivity index (χ3v) is 2.69. The van der Waals surface area contributed by atoms with Crippen molar-refractivity contribution < 1.29 is 42.7 Å². The van der Waals surface area contributed by atoms with Crippen molar-refractivity contribution in [3.63, 3.8) is 0 Å². The molecule has 0 saturated heterocycles. The van der Waals surface area contributed by atoms with Crippen LogP contribution >= 0.6 is 0 Å². The summed E-state index contributed by atoms with van der Waals surface area (Å²) in [7, 11) is 0. The Hall–Kier alpha value is -0.390. The van der Waals surface area contributed by atoms with E-state index in [1.165, 1.54) is 0 Å². The molecule has 0 radical (unpaired) electrons. The second-order valence-corrected chi connectivity index (χ2v) is 4.70. The number of halogens is 1. The standard InChI is InChI=1S/C16H33FO8/c17-1-3-19-5-7-21-9-11-23-13-15-25-16-14-24-12-10-22-8-6-20-4-2-18/h18H,1-16H2. The van der Waals surface area contributed by atoms with Crippen LogP contribution in [-0.2, 0) is 33.2 Å². The molecule has 0 unspecified atom stereocenters. The van der Waals surface area contributed by atoms with E-state index in [4.69, 9.17) is 38.3 Å². The Balaban J connectivity index is 2.94. The van der Waals surface area contributed by atoms with Gasteiger partial charge in [-0.2, -0.15) is 0 Å². The number of rotatable bonds is 22. The third-order valence-electron chi connectivity index (χ3n) is 2.69. The highest BCUT2D eigenvalue weighted by atomic mass is 19.1. The molecule has 1 N–H and O–H groups in total. The molecule has 0 heterocycles. The zero-order valence-electron chi connectivity index (χ0n) is 15.0. The highest BCUT2D eigenvalue weighted by Crippen LogP contribution is 1.85. The molecule has 0 aromatic rings. The van der Waals surface area contributed by atoms with Gasteiger partial charge in [0.05, 0.1) is 99.1 Å². The first-order chi connectivity index (χ1) is 12.4. The molecular formula is C16H33FO8. The Morgan fingerprint density at radius 3 is 0.880 bits per heavy atom. The molecular weight excluding hydrogens is 339 g/mol. The van der Waals surface area contributed by atoms with E-state index in [1.807, 2.05) is 0 Å². The molecule has 0 aromatic carbocycles. The fourth-order valence-electron chi connectivity index (χ4n) is 1.54. The second kappa shape index (κ2) is 23.6. The van der Waals surface area contributed by atoms with Crippen molar-refractivity contribution in [1.82, 2.24) is 0 Å². The normalized spacial score (nSPS) is 11.3. The van der Waals surface area contributed by atoms with Gasteiger partial charge in [0.2, 0.25) is 0 Å². The molecule has 152 valence electrons. The summed E-state index contributed by atoms with van der Waals surface area (Å²) in [5.74, 6) is 0. The second-order valence-electron chi connectivity index (χ2n) is 4.70. The lowest BCUT2D eigenvalue weighted by atomic mass is 10.6. The molecule has 0 aliphatic heterocycles. The van der Waals surface area contributed by atoms with Crippen molar-refractivity contribution in [2.24, 2.45) is 0 Å². The van der Waals surface area contributed by atoms with Crippen LogP contribution in [0.4, 0.5) is 4.39 Å². The van der Waals surface area contributed by atoms with Gasteiger partial charge in [0.1, 0.15) is 6.67 Å². The first kappa shape index (κ1) is 24.6. The van der Waals surface area contributed by atoms with Gasteiger partial charge in [-0.25, -0.2) is 4.39 Å². The lowest BCUT2D eigenvalue weighted by Crippen LogP contribution is -2.14. The number of hydrogen-bond donors (Lipinski definition) is 1. The average molecular weight is 372 g/mol. The van der Waals surface area contributed by atoms with Gasteiger partial charge in [-0.1, -0.05) is 0 Å². The summed E-state index contributed by atoms with van der Waals surface area (Å²) in [6.07, 6.45) is 0. The quantitative estimate of drug-likeness (QED) is 0.267. The third kappa shape index (κ3) is 23.6. The summed E-state index contributed by atoms with van der Waals surface area (Å²) in [4.78, 5) is 0. The lowest BCUT2D eigenvalue weighted by Gasteiger charge is -2.08. The molecule has 0 fully saturated rings. The Kier molecular flexibility index (Phi) is 23.2. The number of hydrogen-bond acceptors (Lipinski definition) is 8. The van der Waals surface area contributed by atoms with Crippen molar-refractivity contribution >= 4 is 0 Å².